The summed E-state index contributed by atoms with van der Waals surface area (Å²) in [5.41, 5.74) is 0.920. The number of hydrogen-bond donors (Lipinski definition) is 0. The molecule has 2 aliphatic rings. The van der Waals surface area contributed by atoms with Gasteiger partial charge in [0.15, 0.2) is 0 Å². The summed E-state index contributed by atoms with van der Waals surface area (Å²) in [6, 6.07) is 11.9. The standard InChI is InChI=1S/C16H18N2O/c17-7-4-8-18(15-5-2-1-3-6-15)16(19)14-10-12-9-13(12)11-14/h1-3,5-6,12-14H,4,8-11H2. The molecular formula is C16H18N2O. The number of carbonyl (C=O) groups excluding carboxylic acids is 1. The zero-order valence-electron chi connectivity index (χ0n) is 11.0. The van der Waals surface area contributed by atoms with Gasteiger partial charge in [-0.3, -0.25) is 4.79 Å². The summed E-state index contributed by atoms with van der Waals surface area (Å²) in [5, 5.41) is 8.77. The molecule has 0 N–H and O–H groups in total. The number of nitrogens with zero attached hydrogens (tertiary/aromatic N) is 2. The van der Waals surface area contributed by atoms with Gasteiger partial charge in [-0.2, -0.15) is 5.26 Å². The van der Waals surface area contributed by atoms with E-state index in [0.29, 0.717) is 13.0 Å². The zero-order chi connectivity index (χ0) is 13.2. The average Bonchev–Trinajstić information content (AvgIpc) is 3.06. The number of nitriles is 1. The molecule has 1 aromatic carbocycles. The first-order valence-corrected chi connectivity index (χ1v) is 7.03. The van der Waals surface area contributed by atoms with E-state index in [9.17, 15) is 4.79 Å². The molecule has 2 unspecified atom stereocenters. The molecule has 0 aromatic heterocycles. The Morgan fingerprint density at radius 3 is 2.53 bits per heavy atom. The Morgan fingerprint density at radius 2 is 1.89 bits per heavy atom. The Balaban J connectivity index is 1.74. The Bertz CT molecular complexity index is 495. The van der Waals surface area contributed by atoms with E-state index >= 15 is 0 Å². The van der Waals surface area contributed by atoms with E-state index in [2.05, 4.69) is 6.07 Å². The maximum absolute atomic E-state index is 12.6. The van der Waals surface area contributed by atoms with E-state index < -0.39 is 0 Å². The van der Waals surface area contributed by atoms with Crippen molar-refractivity contribution < 1.29 is 4.79 Å². The second kappa shape index (κ2) is 5.05. The smallest absolute Gasteiger partial charge is 0.230 e. The lowest BCUT2D eigenvalue weighted by molar-refractivity contribution is -0.122. The molecule has 0 bridgehead atoms. The molecule has 0 spiro atoms. The summed E-state index contributed by atoms with van der Waals surface area (Å²) in [4.78, 5) is 14.4. The normalized spacial score (nSPS) is 27.4. The molecule has 3 rings (SSSR count). The summed E-state index contributed by atoms with van der Waals surface area (Å²) in [7, 11) is 0. The highest BCUT2D eigenvalue weighted by Gasteiger charge is 2.48. The van der Waals surface area contributed by atoms with Crippen molar-refractivity contribution in [1.29, 1.82) is 5.26 Å². The van der Waals surface area contributed by atoms with E-state index in [1.54, 1.807) is 4.90 Å². The number of hydrogen-bond acceptors (Lipinski definition) is 2. The van der Waals surface area contributed by atoms with Crippen LogP contribution in [0, 0.1) is 29.1 Å². The van der Waals surface area contributed by atoms with Crippen molar-refractivity contribution in [3.05, 3.63) is 30.3 Å². The van der Waals surface area contributed by atoms with Crippen LogP contribution in [0.4, 0.5) is 5.69 Å². The fraction of sp³-hybridized carbons (Fsp3) is 0.500. The van der Waals surface area contributed by atoms with Crippen LogP contribution in [0.15, 0.2) is 30.3 Å². The Labute approximate surface area is 113 Å². The fourth-order valence-electron chi connectivity index (χ4n) is 3.27. The van der Waals surface area contributed by atoms with Gasteiger partial charge in [-0.1, -0.05) is 18.2 Å². The Morgan fingerprint density at radius 1 is 1.21 bits per heavy atom. The molecular weight excluding hydrogens is 236 g/mol. The van der Waals surface area contributed by atoms with Gasteiger partial charge in [-0.15, -0.1) is 0 Å². The summed E-state index contributed by atoms with van der Waals surface area (Å²) < 4.78 is 0. The zero-order valence-corrected chi connectivity index (χ0v) is 11.0. The van der Waals surface area contributed by atoms with Gasteiger partial charge < -0.3 is 4.90 Å². The van der Waals surface area contributed by atoms with Gasteiger partial charge in [-0.25, -0.2) is 0 Å². The third-order valence-corrected chi connectivity index (χ3v) is 4.37. The molecule has 3 nitrogen and oxygen atoms in total. The number of benzene rings is 1. The molecule has 0 saturated heterocycles. The van der Waals surface area contributed by atoms with Crippen molar-refractivity contribution in [2.24, 2.45) is 17.8 Å². The van der Waals surface area contributed by atoms with Crippen LogP contribution in [0.5, 0.6) is 0 Å². The highest BCUT2D eigenvalue weighted by Crippen LogP contribution is 2.54. The molecule has 2 atom stereocenters. The fourth-order valence-corrected chi connectivity index (χ4v) is 3.27. The van der Waals surface area contributed by atoms with Crippen LogP contribution in [0.3, 0.4) is 0 Å². The van der Waals surface area contributed by atoms with Crippen LogP contribution < -0.4 is 4.90 Å². The number of fused-ring (bicyclic) bond motifs is 1. The average molecular weight is 254 g/mol. The summed E-state index contributed by atoms with van der Waals surface area (Å²) in [5.74, 6) is 2.02. The van der Waals surface area contributed by atoms with E-state index in [4.69, 9.17) is 5.26 Å². The topological polar surface area (TPSA) is 44.1 Å². The number of anilines is 1. The summed E-state index contributed by atoms with van der Waals surface area (Å²) in [6.45, 7) is 0.505. The van der Waals surface area contributed by atoms with Gasteiger partial charge >= 0.3 is 0 Å². The minimum Gasteiger partial charge on any atom is -0.311 e. The van der Waals surface area contributed by atoms with Crippen molar-refractivity contribution >= 4 is 11.6 Å². The monoisotopic (exact) mass is 254 g/mol. The molecule has 0 aliphatic heterocycles. The lowest BCUT2D eigenvalue weighted by Crippen LogP contribution is -2.36. The molecule has 0 radical (unpaired) electrons. The highest BCUT2D eigenvalue weighted by molar-refractivity contribution is 5.95. The number of carbonyl (C=O) groups is 1. The SMILES string of the molecule is N#CCCN(C(=O)C1CC2CC2C1)c1ccccc1. The Kier molecular flexibility index (Phi) is 3.25. The highest BCUT2D eigenvalue weighted by atomic mass is 16.2. The van der Waals surface area contributed by atoms with Crippen LogP contribution in [-0.4, -0.2) is 12.5 Å². The number of amides is 1. The number of rotatable bonds is 4. The second-order valence-corrected chi connectivity index (χ2v) is 5.66. The molecule has 98 valence electrons. The van der Waals surface area contributed by atoms with Crippen LogP contribution in [0.25, 0.3) is 0 Å². The van der Waals surface area contributed by atoms with Crippen molar-refractivity contribution in [1.82, 2.24) is 0 Å². The third-order valence-electron chi connectivity index (χ3n) is 4.37. The summed E-state index contributed by atoms with van der Waals surface area (Å²) >= 11 is 0. The third kappa shape index (κ3) is 2.49. The first-order chi connectivity index (χ1) is 9.29. The molecule has 1 amide bonds. The molecule has 1 aromatic rings. The maximum Gasteiger partial charge on any atom is 0.230 e. The van der Waals surface area contributed by atoms with Gasteiger partial charge in [0.2, 0.25) is 5.91 Å². The maximum atomic E-state index is 12.6. The van der Waals surface area contributed by atoms with Gasteiger partial charge in [0.1, 0.15) is 0 Å². The molecule has 3 heteroatoms. The molecule has 2 aliphatic carbocycles. The van der Waals surface area contributed by atoms with Crippen molar-refractivity contribution in [3.63, 3.8) is 0 Å². The van der Waals surface area contributed by atoms with E-state index in [-0.39, 0.29) is 11.8 Å². The molecule has 2 fully saturated rings. The Hall–Kier alpha value is -1.82. The van der Waals surface area contributed by atoms with E-state index in [1.165, 1.54) is 6.42 Å². The van der Waals surface area contributed by atoms with Crippen molar-refractivity contribution in [3.8, 4) is 6.07 Å². The number of para-hydroxylation sites is 1. The van der Waals surface area contributed by atoms with Gasteiger partial charge in [0.05, 0.1) is 12.5 Å². The van der Waals surface area contributed by atoms with Crippen LogP contribution in [-0.2, 0) is 4.79 Å². The molecule has 2 saturated carbocycles. The van der Waals surface area contributed by atoms with Crippen molar-refractivity contribution in [2.45, 2.75) is 25.7 Å². The minimum absolute atomic E-state index is 0.183. The second-order valence-electron chi connectivity index (χ2n) is 5.66. The predicted octanol–water partition coefficient (Wildman–Crippen LogP) is 2.98. The molecule has 19 heavy (non-hydrogen) atoms. The van der Waals surface area contributed by atoms with Gasteiger partial charge in [0, 0.05) is 18.2 Å². The first-order valence-electron chi connectivity index (χ1n) is 7.03. The lowest BCUT2D eigenvalue weighted by atomic mass is 10.0. The lowest BCUT2D eigenvalue weighted by Gasteiger charge is -2.25. The van der Waals surface area contributed by atoms with Gasteiger partial charge in [0.25, 0.3) is 0 Å². The largest absolute Gasteiger partial charge is 0.311 e. The van der Waals surface area contributed by atoms with Crippen LogP contribution in [0.1, 0.15) is 25.7 Å². The first kappa shape index (κ1) is 12.2. The van der Waals surface area contributed by atoms with Crippen molar-refractivity contribution in [2.75, 3.05) is 11.4 Å². The van der Waals surface area contributed by atoms with Crippen LogP contribution >= 0.6 is 0 Å². The van der Waals surface area contributed by atoms with E-state index in [0.717, 1.165) is 30.4 Å². The van der Waals surface area contributed by atoms with E-state index in [1.807, 2.05) is 30.3 Å². The minimum atomic E-state index is 0.183. The van der Waals surface area contributed by atoms with Gasteiger partial charge in [-0.05, 0) is 43.2 Å². The predicted molar refractivity (Wildman–Crippen MR) is 73.3 cm³/mol. The summed E-state index contributed by atoms with van der Waals surface area (Å²) in [6.07, 6.45) is 3.83. The van der Waals surface area contributed by atoms with Crippen LogP contribution in [0.2, 0.25) is 0 Å². The quantitative estimate of drug-likeness (QED) is 0.829. The molecule has 0 heterocycles.